The molecule has 0 unspecified atom stereocenters. The molecule has 2 heterocycles. The fourth-order valence-corrected chi connectivity index (χ4v) is 3.18. The summed E-state index contributed by atoms with van der Waals surface area (Å²) in [6.07, 6.45) is 7.30. The maximum atomic E-state index is 11.2. The fraction of sp³-hybridized carbons (Fsp3) is 0.571. The van der Waals surface area contributed by atoms with Gasteiger partial charge in [-0.15, -0.1) is 0 Å². The van der Waals surface area contributed by atoms with Gasteiger partial charge in [0.05, 0.1) is 11.7 Å². The van der Waals surface area contributed by atoms with Gasteiger partial charge in [-0.05, 0) is 25.3 Å². The van der Waals surface area contributed by atoms with Crippen LogP contribution in [-0.2, 0) is 22.8 Å². The van der Waals surface area contributed by atoms with E-state index in [9.17, 15) is 8.42 Å². The molecule has 0 amide bonds. The van der Waals surface area contributed by atoms with E-state index in [0.29, 0.717) is 6.42 Å². The predicted octanol–water partition coefficient (Wildman–Crippen LogP) is 2.13. The number of nitrogens with zero attached hydrogens (tertiary/aromatic N) is 3. The Morgan fingerprint density at radius 1 is 1.25 bits per heavy atom. The van der Waals surface area contributed by atoms with Crippen LogP contribution in [0, 0.1) is 6.92 Å². The lowest BCUT2D eigenvalue weighted by atomic mass is 10.2. The van der Waals surface area contributed by atoms with Crippen LogP contribution in [0.4, 0.5) is 0 Å². The van der Waals surface area contributed by atoms with Crippen LogP contribution in [-0.4, -0.2) is 35.0 Å². The first-order valence-corrected chi connectivity index (χ1v) is 8.96. The maximum Gasteiger partial charge on any atom is 0.147 e. The topological polar surface area (TPSA) is 64.8 Å². The molecule has 2 aromatic heterocycles. The van der Waals surface area contributed by atoms with Gasteiger partial charge >= 0.3 is 0 Å². The van der Waals surface area contributed by atoms with Crippen molar-refractivity contribution in [3.8, 4) is 0 Å². The van der Waals surface area contributed by atoms with E-state index in [0.717, 1.165) is 41.8 Å². The third kappa shape index (κ3) is 3.36. The zero-order valence-corrected chi connectivity index (χ0v) is 13.1. The van der Waals surface area contributed by atoms with Crippen LogP contribution in [0.5, 0.6) is 0 Å². The molecule has 0 saturated heterocycles. The third-order valence-corrected chi connectivity index (χ3v) is 4.41. The van der Waals surface area contributed by atoms with E-state index in [-0.39, 0.29) is 5.75 Å². The first-order chi connectivity index (χ1) is 9.42. The number of aromatic nitrogens is 3. The van der Waals surface area contributed by atoms with Crippen LogP contribution in [0.1, 0.15) is 31.2 Å². The van der Waals surface area contributed by atoms with Crippen molar-refractivity contribution in [1.29, 1.82) is 0 Å². The van der Waals surface area contributed by atoms with Crippen molar-refractivity contribution in [2.45, 2.75) is 39.7 Å². The van der Waals surface area contributed by atoms with Gasteiger partial charge in [-0.3, -0.25) is 4.98 Å². The third-order valence-electron chi connectivity index (χ3n) is 3.38. The van der Waals surface area contributed by atoms with Crippen molar-refractivity contribution in [1.82, 2.24) is 14.5 Å². The Morgan fingerprint density at radius 3 is 2.65 bits per heavy atom. The number of sulfone groups is 1. The molecule has 0 atom stereocenters. The van der Waals surface area contributed by atoms with Crippen LogP contribution in [0.25, 0.3) is 11.0 Å². The van der Waals surface area contributed by atoms with E-state index in [2.05, 4.69) is 21.5 Å². The molecule has 110 valence electrons. The summed E-state index contributed by atoms with van der Waals surface area (Å²) in [7, 11) is -2.87. The quantitative estimate of drug-likeness (QED) is 0.766. The summed E-state index contributed by atoms with van der Waals surface area (Å²) in [5.74, 6) is 1.29. The van der Waals surface area contributed by atoms with Crippen LogP contribution >= 0.6 is 0 Å². The molecular formula is C14H21N3O2S. The fourth-order valence-electron chi connectivity index (χ4n) is 2.45. The van der Waals surface area contributed by atoms with Gasteiger partial charge in [-0.2, -0.15) is 0 Å². The van der Waals surface area contributed by atoms with Gasteiger partial charge in [0, 0.05) is 31.2 Å². The number of aryl methyl sites for hydroxylation is 3. The molecule has 20 heavy (non-hydrogen) atoms. The van der Waals surface area contributed by atoms with E-state index in [4.69, 9.17) is 0 Å². The number of hydrogen-bond donors (Lipinski definition) is 0. The Labute approximate surface area is 120 Å². The minimum Gasteiger partial charge on any atom is -0.328 e. The van der Waals surface area contributed by atoms with Gasteiger partial charge in [0.25, 0.3) is 0 Å². The number of fused-ring (bicyclic) bond motifs is 1. The molecule has 0 aliphatic carbocycles. The minimum atomic E-state index is -2.87. The lowest BCUT2D eigenvalue weighted by molar-refractivity contribution is 0.585. The molecule has 0 fully saturated rings. The molecule has 0 radical (unpaired) electrons. The average molecular weight is 295 g/mol. The molecule has 0 aliphatic heterocycles. The number of imidazole rings is 1. The normalized spacial score (nSPS) is 12.2. The van der Waals surface area contributed by atoms with Crippen molar-refractivity contribution in [2.24, 2.45) is 0 Å². The van der Waals surface area contributed by atoms with Crippen LogP contribution in [0.15, 0.2) is 12.4 Å². The second-order valence-corrected chi connectivity index (χ2v) is 7.45. The van der Waals surface area contributed by atoms with Crippen LogP contribution < -0.4 is 0 Å². The molecular weight excluding hydrogens is 274 g/mol. The number of pyridine rings is 1. The van der Waals surface area contributed by atoms with Gasteiger partial charge in [-0.1, -0.05) is 6.92 Å². The van der Waals surface area contributed by atoms with Crippen molar-refractivity contribution in [3.63, 3.8) is 0 Å². The summed E-state index contributed by atoms with van der Waals surface area (Å²) in [4.78, 5) is 8.78. The highest BCUT2D eigenvalue weighted by Crippen LogP contribution is 2.20. The molecule has 2 aromatic rings. The lowest BCUT2D eigenvalue weighted by Gasteiger charge is -2.09. The van der Waals surface area contributed by atoms with Gasteiger partial charge in [0.2, 0.25) is 0 Å². The van der Waals surface area contributed by atoms with E-state index in [1.54, 1.807) is 6.20 Å². The first kappa shape index (κ1) is 15.0. The summed E-state index contributed by atoms with van der Waals surface area (Å²) in [5.41, 5.74) is 3.15. The molecule has 0 aliphatic rings. The Balaban J connectivity index is 2.20. The highest BCUT2D eigenvalue weighted by Gasteiger charge is 2.11. The van der Waals surface area contributed by atoms with Crippen molar-refractivity contribution in [2.75, 3.05) is 12.0 Å². The van der Waals surface area contributed by atoms with Gasteiger partial charge in [0.1, 0.15) is 21.2 Å². The van der Waals surface area contributed by atoms with Crippen LogP contribution in [0.3, 0.4) is 0 Å². The zero-order chi connectivity index (χ0) is 14.8. The highest BCUT2D eigenvalue weighted by molar-refractivity contribution is 7.90. The maximum absolute atomic E-state index is 11.2. The monoisotopic (exact) mass is 295 g/mol. The Kier molecular flexibility index (Phi) is 4.42. The Bertz CT molecular complexity index is 705. The molecule has 0 aromatic carbocycles. The lowest BCUT2D eigenvalue weighted by Crippen LogP contribution is -2.07. The van der Waals surface area contributed by atoms with E-state index in [1.807, 2.05) is 13.1 Å². The van der Waals surface area contributed by atoms with Crippen molar-refractivity contribution < 1.29 is 8.42 Å². The summed E-state index contributed by atoms with van der Waals surface area (Å²) >= 11 is 0. The molecule has 0 saturated carbocycles. The van der Waals surface area contributed by atoms with E-state index < -0.39 is 9.84 Å². The summed E-state index contributed by atoms with van der Waals surface area (Å²) in [6.45, 7) is 4.92. The summed E-state index contributed by atoms with van der Waals surface area (Å²) in [6, 6.07) is 0. The van der Waals surface area contributed by atoms with Crippen LogP contribution in [0.2, 0.25) is 0 Å². The molecule has 6 heteroatoms. The van der Waals surface area contributed by atoms with Crippen molar-refractivity contribution >= 4 is 20.9 Å². The molecule has 5 nitrogen and oxygen atoms in total. The second-order valence-electron chi connectivity index (χ2n) is 5.19. The first-order valence-electron chi connectivity index (χ1n) is 6.90. The number of unbranched alkanes of at least 4 members (excludes halogenated alkanes) is 1. The van der Waals surface area contributed by atoms with Gasteiger partial charge in [-0.25, -0.2) is 13.4 Å². The zero-order valence-electron chi connectivity index (χ0n) is 12.3. The second kappa shape index (κ2) is 5.91. The minimum absolute atomic E-state index is 0.252. The molecule has 2 rings (SSSR count). The van der Waals surface area contributed by atoms with Crippen molar-refractivity contribution in [3.05, 3.63) is 23.8 Å². The summed E-state index contributed by atoms with van der Waals surface area (Å²) < 4.78 is 24.5. The standard InChI is InChI=1S/C14H21N3O2S/c1-4-13-16-12-10-15-9-11(2)14(12)17(13)7-5-6-8-20(3,18)19/h9-10H,4-8H2,1-3H3. The largest absolute Gasteiger partial charge is 0.328 e. The highest BCUT2D eigenvalue weighted by atomic mass is 32.2. The molecule has 0 N–H and O–H groups in total. The Hall–Kier alpha value is -1.43. The predicted molar refractivity (Wildman–Crippen MR) is 80.6 cm³/mol. The van der Waals surface area contributed by atoms with Gasteiger partial charge < -0.3 is 4.57 Å². The molecule has 0 spiro atoms. The van der Waals surface area contributed by atoms with Gasteiger partial charge in [0.15, 0.2) is 0 Å². The van der Waals surface area contributed by atoms with E-state index >= 15 is 0 Å². The number of rotatable bonds is 6. The summed E-state index contributed by atoms with van der Waals surface area (Å²) in [5, 5.41) is 0. The average Bonchev–Trinajstić information content (AvgIpc) is 2.73. The number of hydrogen-bond acceptors (Lipinski definition) is 4. The smallest absolute Gasteiger partial charge is 0.147 e. The van der Waals surface area contributed by atoms with E-state index in [1.165, 1.54) is 6.26 Å². The molecule has 0 bridgehead atoms. The Morgan fingerprint density at radius 2 is 2.00 bits per heavy atom. The SMILES string of the molecule is CCc1nc2cncc(C)c2n1CCCCS(C)(=O)=O.